The van der Waals surface area contributed by atoms with Crippen LogP contribution < -0.4 is 10.1 Å². The molecule has 21 heavy (non-hydrogen) atoms. The van der Waals surface area contributed by atoms with Gasteiger partial charge in [0.2, 0.25) is 5.91 Å². The Morgan fingerprint density at radius 3 is 2.38 bits per heavy atom. The molecule has 0 aliphatic carbocycles. The van der Waals surface area contributed by atoms with E-state index in [4.69, 9.17) is 16.3 Å². The van der Waals surface area contributed by atoms with Gasteiger partial charge in [-0.25, -0.2) is 0 Å². The standard InChI is InChI=1S/C17H18ClNO2/c1-13(18)17(20)19-11-14-7-9-16(10-8-14)21-12-15-5-3-2-4-6-15/h2-10,13H,11-12H2,1H3,(H,19,20). The lowest BCUT2D eigenvalue weighted by molar-refractivity contribution is -0.120. The third kappa shape index (κ3) is 5.12. The predicted molar refractivity (Wildman–Crippen MR) is 84.4 cm³/mol. The first kappa shape index (κ1) is 15.4. The lowest BCUT2D eigenvalue weighted by atomic mass is 10.2. The summed E-state index contributed by atoms with van der Waals surface area (Å²) < 4.78 is 5.70. The molecule has 0 spiro atoms. The minimum Gasteiger partial charge on any atom is -0.489 e. The fourth-order valence-corrected chi connectivity index (χ4v) is 1.85. The van der Waals surface area contributed by atoms with E-state index >= 15 is 0 Å². The van der Waals surface area contributed by atoms with Gasteiger partial charge in [0.05, 0.1) is 0 Å². The van der Waals surface area contributed by atoms with E-state index in [9.17, 15) is 4.79 Å². The topological polar surface area (TPSA) is 38.3 Å². The Kier molecular flexibility index (Phi) is 5.64. The minimum atomic E-state index is -0.515. The number of benzene rings is 2. The van der Waals surface area contributed by atoms with Crippen LogP contribution in [-0.2, 0) is 17.9 Å². The van der Waals surface area contributed by atoms with Gasteiger partial charge in [-0.15, -0.1) is 11.6 Å². The summed E-state index contributed by atoms with van der Waals surface area (Å²) in [5.41, 5.74) is 2.14. The normalized spacial score (nSPS) is 11.7. The molecule has 0 saturated heterocycles. The summed E-state index contributed by atoms with van der Waals surface area (Å²) in [4.78, 5) is 11.4. The van der Waals surface area contributed by atoms with E-state index in [1.807, 2.05) is 54.6 Å². The van der Waals surface area contributed by atoms with E-state index in [0.717, 1.165) is 16.9 Å². The van der Waals surface area contributed by atoms with Crippen molar-refractivity contribution >= 4 is 17.5 Å². The second-order valence-corrected chi connectivity index (χ2v) is 5.41. The monoisotopic (exact) mass is 303 g/mol. The maximum absolute atomic E-state index is 11.4. The van der Waals surface area contributed by atoms with Crippen LogP contribution in [0.1, 0.15) is 18.1 Å². The average Bonchev–Trinajstić information content (AvgIpc) is 2.52. The molecule has 4 heteroatoms. The molecule has 0 fully saturated rings. The Morgan fingerprint density at radius 2 is 1.76 bits per heavy atom. The molecule has 0 aliphatic rings. The van der Waals surface area contributed by atoms with Crippen molar-refractivity contribution in [3.05, 3.63) is 65.7 Å². The number of rotatable bonds is 6. The van der Waals surface area contributed by atoms with Gasteiger partial charge >= 0.3 is 0 Å². The van der Waals surface area contributed by atoms with Crippen molar-refractivity contribution in [3.63, 3.8) is 0 Å². The molecule has 1 unspecified atom stereocenters. The molecule has 0 heterocycles. The maximum atomic E-state index is 11.4. The third-order valence-electron chi connectivity index (χ3n) is 3.00. The Bertz CT molecular complexity index is 567. The van der Waals surface area contributed by atoms with E-state index in [1.54, 1.807) is 6.92 Å². The summed E-state index contributed by atoms with van der Waals surface area (Å²) in [6.07, 6.45) is 0. The van der Waals surface area contributed by atoms with Gasteiger partial charge in [0, 0.05) is 6.54 Å². The summed E-state index contributed by atoms with van der Waals surface area (Å²) in [5.74, 6) is 0.640. The second kappa shape index (κ2) is 7.70. The highest BCUT2D eigenvalue weighted by molar-refractivity contribution is 6.30. The van der Waals surface area contributed by atoms with Crippen molar-refractivity contribution in [1.82, 2.24) is 5.32 Å². The van der Waals surface area contributed by atoms with Gasteiger partial charge in [-0.05, 0) is 30.2 Å². The van der Waals surface area contributed by atoms with E-state index in [0.29, 0.717) is 13.2 Å². The SMILES string of the molecule is CC(Cl)C(=O)NCc1ccc(OCc2ccccc2)cc1. The van der Waals surface area contributed by atoms with Gasteiger partial charge in [-0.2, -0.15) is 0 Å². The van der Waals surface area contributed by atoms with Gasteiger partial charge < -0.3 is 10.1 Å². The van der Waals surface area contributed by atoms with E-state index in [2.05, 4.69) is 5.32 Å². The lowest BCUT2D eigenvalue weighted by Crippen LogP contribution is -2.28. The van der Waals surface area contributed by atoms with Gasteiger partial charge in [0.1, 0.15) is 17.7 Å². The van der Waals surface area contributed by atoms with Crippen LogP contribution in [0.25, 0.3) is 0 Å². The molecule has 0 aromatic heterocycles. The zero-order valence-corrected chi connectivity index (χ0v) is 12.6. The zero-order chi connectivity index (χ0) is 15.1. The van der Waals surface area contributed by atoms with Crippen LogP contribution in [0.5, 0.6) is 5.75 Å². The molecule has 1 atom stereocenters. The largest absolute Gasteiger partial charge is 0.489 e. The van der Waals surface area contributed by atoms with Crippen LogP contribution in [0.3, 0.4) is 0 Å². The molecule has 2 rings (SSSR count). The van der Waals surface area contributed by atoms with E-state index in [-0.39, 0.29) is 5.91 Å². The van der Waals surface area contributed by atoms with Gasteiger partial charge in [-0.3, -0.25) is 4.79 Å². The summed E-state index contributed by atoms with van der Waals surface area (Å²) >= 11 is 5.69. The Balaban J connectivity index is 1.83. The number of alkyl halides is 1. The Morgan fingerprint density at radius 1 is 1.10 bits per heavy atom. The summed E-state index contributed by atoms with van der Waals surface area (Å²) in [7, 11) is 0. The lowest BCUT2D eigenvalue weighted by Gasteiger charge is -2.09. The molecule has 0 radical (unpaired) electrons. The number of amides is 1. The van der Waals surface area contributed by atoms with Crippen molar-refractivity contribution in [2.45, 2.75) is 25.5 Å². The van der Waals surface area contributed by atoms with Crippen molar-refractivity contribution in [2.75, 3.05) is 0 Å². The molecular weight excluding hydrogens is 286 g/mol. The molecule has 2 aromatic carbocycles. The maximum Gasteiger partial charge on any atom is 0.238 e. The van der Waals surface area contributed by atoms with Gasteiger partial charge in [-0.1, -0.05) is 42.5 Å². The predicted octanol–water partition coefficient (Wildman–Crippen LogP) is 3.51. The van der Waals surface area contributed by atoms with Crippen molar-refractivity contribution in [1.29, 1.82) is 0 Å². The fraction of sp³-hybridized carbons (Fsp3) is 0.235. The summed E-state index contributed by atoms with van der Waals surface area (Å²) in [6, 6.07) is 17.7. The quantitative estimate of drug-likeness (QED) is 0.829. The highest BCUT2D eigenvalue weighted by atomic mass is 35.5. The van der Waals surface area contributed by atoms with E-state index in [1.165, 1.54) is 0 Å². The molecule has 110 valence electrons. The van der Waals surface area contributed by atoms with Crippen molar-refractivity contribution in [3.8, 4) is 5.75 Å². The smallest absolute Gasteiger partial charge is 0.238 e. The first-order valence-electron chi connectivity index (χ1n) is 6.82. The molecule has 2 aromatic rings. The number of halogens is 1. The van der Waals surface area contributed by atoms with Gasteiger partial charge in [0.25, 0.3) is 0 Å². The summed E-state index contributed by atoms with van der Waals surface area (Å²) in [5, 5.41) is 2.25. The highest BCUT2D eigenvalue weighted by Crippen LogP contribution is 2.14. The van der Waals surface area contributed by atoms with Crippen LogP contribution in [0, 0.1) is 0 Å². The van der Waals surface area contributed by atoms with Crippen LogP contribution in [0.4, 0.5) is 0 Å². The fourth-order valence-electron chi connectivity index (χ4n) is 1.77. The van der Waals surface area contributed by atoms with Crippen LogP contribution in [0.15, 0.2) is 54.6 Å². The molecule has 0 saturated carbocycles. The Labute approximate surface area is 129 Å². The summed E-state index contributed by atoms with van der Waals surface area (Å²) in [6.45, 7) is 2.66. The molecular formula is C17H18ClNO2. The second-order valence-electron chi connectivity index (χ2n) is 4.75. The van der Waals surface area contributed by atoms with E-state index < -0.39 is 5.38 Å². The number of hydrogen-bond donors (Lipinski definition) is 1. The first-order chi connectivity index (χ1) is 10.1. The van der Waals surface area contributed by atoms with Crippen LogP contribution >= 0.6 is 11.6 Å². The highest BCUT2D eigenvalue weighted by Gasteiger charge is 2.07. The minimum absolute atomic E-state index is 0.166. The molecule has 1 N–H and O–H groups in total. The third-order valence-corrected chi connectivity index (χ3v) is 3.20. The molecule has 3 nitrogen and oxygen atoms in total. The average molecular weight is 304 g/mol. The molecule has 0 bridgehead atoms. The zero-order valence-electron chi connectivity index (χ0n) is 11.9. The number of hydrogen-bond acceptors (Lipinski definition) is 2. The van der Waals surface area contributed by atoms with Crippen molar-refractivity contribution in [2.24, 2.45) is 0 Å². The van der Waals surface area contributed by atoms with Crippen molar-refractivity contribution < 1.29 is 9.53 Å². The van der Waals surface area contributed by atoms with Crippen LogP contribution in [0.2, 0.25) is 0 Å². The molecule has 1 amide bonds. The number of carbonyl (C=O) groups excluding carboxylic acids is 1. The van der Waals surface area contributed by atoms with Crippen LogP contribution in [-0.4, -0.2) is 11.3 Å². The first-order valence-corrected chi connectivity index (χ1v) is 7.26. The number of carbonyl (C=O) groups is 1. The molecule has 0 aliphatic heterocycles. The Hall–Kier alpha value is -2.00. The van der Waals surface area contributed by atoms with Gasteiger partial charge in [0.15, 0.2) is 0 Å². The number of ether oxygens (including phenoxy) is 1. The number of nitrogens with one attached hydrogen (secondary N) is 1.